The topological polar surface area (TPSA) is 70.7 Å². The van der Waals surface area contributed by atoms with Gasteiger partial charge < -0.3 is 10.1 Å². The minimum atomic E-state index is -3.41. The highest BCUT2D eigenvalue weighted by atomic mass is 32.2. The number of nitrogens with one attached hydrogen (secondary N) is 2. The number of hydrogen-bond acceptors (Lipinski definition) is 5. The molecular weight excluding hydrogens is 290 g/mol. The van der Waals surface area contributed by atoms with E-state index in [0.717, 1.165) is 45.0 Å². The van der Waals surface area contributed by atoms with Gasteiger partial charge in [0.2, 0.25) is 10.0 Å². The average molecular weight is 313 g/mol. The fourth-order valence-electron chi connectivity index (χ4n) is 2.22. The molecule has 0 bridgehead atoms. The predicted octanol–water partition coefficient (Wildman–Crippen LogP) is 0.729. The van der Waals surface area contributed by atoms with Crippen LogP contribution in [0.15, 0.2) is 29.2 Å². The van der Waals surface area contributed by atoms with Gasteiger partial charge >= 0.3 is 0 Å². The van der Waals surface area contributed by atoms with E-state index in [-0.39, 0.29) is 0 Å². The number of anilines is 1. The molecule has 1 fully saturated rings. The number of rotatable bonds is 7. The molecule has 0 unspecified atom stereocenters. The minimum absolute atomic E-state index is 0.299. The van der Waals surface area contributed by atoms with E-state index in [9.17, 15) is 8.42 Å². The van der Waals surface area contributed by atoms with Gasteiger partial charge in [-0.15, -0.1) is 0 Å². The standard InChI is InChI=1S/C14H23N3O3S/c1-15-13-3-5-14(6-4-13)21(18,19)16-7-2-8-17-9-11-20-12-10-17/h3-6,15-16H,2,7-12H2,1H3. The molecule has 2 rings (SSSR count). The second-order valence-corrected chi connectivity index (χ2v) is 6.75. The molecule has 0 radical (unpaired) electrons. The van der Waals surface area contributed by atoms with Gasteiger partial charge in [-0.2, -0.15) is 0 Å². The Hall–Kier alpha value is -1.15. The summed E-state index contributed by atoms with van der Waals surface area (Å²) in [4.78, 5) is 2.59. The molecule has 0 amide bonds. The lowest BCUT2D eigenvalue weighted by Crippen LogP contribution is -2.38. The molecule has 1 aliphatic heterocycles. The van der Waals surface area contributed by atoms with E-state index in [1.165, 1.54) is 0 Å². The van der Waals surface area contributed by atoms with E-state index in [1.807, 2.05) is 0 Å². The third-order valence-electron chi connectivity index (χ3n) is 3.50. The second-order valence-electron chi connectivity index (χ2n) is 4.98. The molecule has 1 saturated heterocycles. The van der Waals surface area contributed by atoms with Gasteiger partial charge in [0.05, 0.1) is 18.1 Å². The maximum Gasteiger partial charge on any atom is 0.240 e. The van der Waals surface area contributed by atoms with Crippen molar-refractivity contribution in [2.24, 2.45) is 0 Å². The van der Waals surface area contributed by atoms with E-state index < -0.39 is 10.0 Å². The highest BCUT2D eigenvalue weighted by molar-refractivity contribution is 7.89. The fraction of sp³-hybridized carbons (Fsp3) is 0.571. The van der Waals surface area contributed by atoms with Crippen molar-refractivity contribution < 1.29 is 13.2 Å². The van der Waals surface area contributed by atoms with Crippen LogP contribution in [-0.4, -0.2) is 59.8 Å². The van der Waals surface area contributed by atoms with Gasteiger partial charge in [0.15, 0.2) is 0 Å². The zero-order valence-electron chi connectivity index (χ0n) is 12.3. The Balaban J connectivity index is 1.77. The van der Waals surface area contributed by atoms with Crippen molar-refractivity contribution in [3.05, 3.63) is 24.3 Å². The number of nitrogens with zero attached hydrogens (tertiary/aromatic N) is 1. The monoisotopic (exact) mass is 313 g/mol. The number of hydrogen-bond donors (Lipinski definition) is 2. The lowest BCUT2D eigenvalue weighted by Gasteiger charge is -2.26. The molecule has 21 heavy (non-hydrogen) atoms. The zero-order valence-corrected chi connectivity index (χ0v) is 13.2. The Labute approximate surface area is 126 Å². The van der Waals surface area contributed by atoms with Crippen LogP contribution in [0.25, 0.3) is 0 Å². The molecule has 6 nitrogen and oxygen atoms in total. The Bertz CT molecular complexity index is 525. The van der Waals surface area contributed by atoms with Crippen molar-refractivity contribution >= 4 is 15.7 Å². The van der Waals surface area contributed by atoms with Crippen LogP contribution in [0.1, 0.15) is 6.42 Å². The van der Waals surface area contributed by atoms with Gasteiger partial charge in [-0.3, -0.25) is 4.90 Å². The highest BCUT2D eigenvalue weighted by Crippen LogP contribution is 2.13. The van der Waals surface area contributed by atoms with Crippen LogP contribution in [0.2, 0.25) is 0 Å². The third kappa shape index (κ3) is 4.96. The molecule has 2 N–H and O–H groups in total. The summed E-state index contributed by atoms with van der Waals surface area (Å²) in [7, 11) is -1.61. The first kappa shape index (κ1) is 16.2. The van der Waals surface area contributed by atoms with Crippen LogP contribution in [0.4, 0.5) is 5.69 Å². The number of ether oxygens (including phenoxy) is 1. The lowest BCUT2D eigenvalue weighted by atomic mass is 10.3. The summed E-state index contributed by atoms with van der Waals surface area (Å²) in [6, 6.07) is 6.72. The molecule has 1 aromatic carbocycles. The summed E-state index contributed by atoms with van der Waals surface area (Å²) in [6.07, 6.45) is 0.799. The second kappa shape index (κ2) is 7.74. The minimum Gasteiger partial charge on any atom is -0.388 e. The zero-order chi connectivity index (χ0) is 15.1. The van der Waals surface area contributed by atoms with E-state index in [2.05, 4.69) is 14.9 Å². The van der Waals surface area contributed by atoms with Crippen LogP contribution in [0.3, 0.4) is 0 Å². The number of benzene rings is 1. The van der Waals surface area contributed by atoms with Gasteiger partial charge in [0.1, 0.15) is 0 Å². The highest BCUT2D eigenvalue weighted by Gasteiger charge is 2.14. The summed E-state index contributed by atoms with van der Waals surface area (Å²) < 4.78 is 32.2. The smallest absolute Gasteiger partial charge is 0.240 e. The molecule has 118 valence electrons. The molecule has 0 spiro atoms. The van der Waals surface area contributed by atoms with Gasteiger partial charge in [0, 0.05) is 32.4 Å². The number of sulfonamides is 1. The molecule has 0 aliphatic carbocycles. The maximum atomic E-state index is 12.1. The van der Waals surface area contributed by atoms with Crippen LogP contribution in [0, 0.1) is 0 Å². The van der Waals surface area contributed by atoms with Crippen molar-refractivity contribution in [2.45, 2.75) is 11.3 Å². The quantitative estimate of drug-likeness (QED) is 0.726. The van der Waals surface area contributed by atoms with Gasteiger partial charge in [-0.25, -0.2) is 13.1 Å². The maximum absolute atomic E-state index is 12.1. The Morgan fingerprint density at radius 2 is 1.86 bits per heavy atom. The van der Waals surface area contributed by atoms with E-state index >= 15 is 0 Å². The number of morpholine rings is 1. The van der Waals surface area contributed by atoms with Gasteiger partial charge in [-0.05, 0) is 37.2 Å². The van der Waals surface area contributed by atoms with E-state index in [1.54, 1.807) is 31.3 Å². The van der Waals surface area contributed by atoms with Crippen LogP contribution >= 0.6 is 0 Å². The molecule has 0 atom stereocenters. The van der Waals surface area contributed by atoms with E-state index in [4.69, 9.17) is 4.74 Å². The van der Waals surface area contributed by atoms with Crippen LogP contribution in [-0.2, 0) is 14.8 Å². The van der Waals surface area contributed by atoms with Crippen LogP contribution < -0.4 is 10.0 Å². The first-order valence-electron chi connectivity index (χ1n) is 7.19. The summed E-state index contributed by atoms with van der Waals surface area (Å²) in [5, 5.41) is 2.96. The summed E-state index contributed by atoms with van der Waals surface area (Å²) in [5.41, 5.74) is 0.890. The van der Waals surface area contributed by atoms with Crippen LogP contribution in [0.5, 0.6) is 0 Å². The predicted molar refractivity (Wildman–Crippen MR) is 83.1 cm³/mol. The normalized spacial score (nSPS) is 16.8. The summed E-state index contributed by atoms with van der Waals surface area (Å²) in [6.45, 7) is 4.74. The average Bonchev–Trinajstić information content (AvgIpc) is 2.53. The summed E-state index contributed by atoms with van der Waals surface area (Å²) in [5.74, 6) is 0. The van der Waals surface area contributed by atoms with Gasteiger partial charge in [0.25, 0.3) is 0 Å². The molecule has 0 aromatic heterocycles. The molecule has 0 saturated carbocycles. The first-order chi connectivity index (χ1) is 10.1. The van der Waals surface area contributed by atoms with Gasteiger partial charge in [-0.1, -0.05) is 0 Å². The van der Waals surface area contributed by atoms with Crippen molar-refractivity contribution in [2.75, 3.05) is 51.8 Å². The molecule has 1 aromatic rings. The van der Waals surface area contributed by atoms with E-state index in [0.29, 0.717) is 11.4 Å². The van der Waals surface area contributed by atoms with Crippen molar-refractivity contribution in [1.82, 2.24) is 9.62 Å². The lowest BCUT2D eigenvalue weighted by molar-refractivity contribution is 0.0376. The molecular formula is C14H23N3O3S. The molecule has 1 aliphatic rings. The van der Waals surface area contributed by atoms with Crippen molar-refractivity contribution in [3.8, 4) is 0 Å². The summed E-state index contributed by atoms with van der Waals surface area (Å²) >= 11 is 0. The Morgan fingerprint density at radius 1 is 1.19 bits per heavy atom. The SMILES string of the molecule is CNc1ccc(S(=O)(=O)NCCCN2CCOCC2)cc1. The fourth-order valence-corrected chi connectivity index (χ4v) is 3.29. The Kier molecular flexibility index (Phi) is 5.98. The third-order valence-corrected chi connectivity index (χ3v) is 4.98. The molecule has 7 heteroatoms. The van der Waals surface area contributed by atoms with Crippen molar-refractivity contribution in [3.63, 3.8) is 0 Å². The molecule has 1 heterocycles. The largest absolute Gasteiger partial charge is 0.388 e. The first-order valence-corrected chi connectivity index (χ1v) is 8.68. The van der Waals surface area contributed by atoms with Crippen molar-refractivity contribution in [1.29, 1.82) is 0 Å². The Morgan fingerprint density at radius 3 is 2.48 bits per heavy atom.